The zero-order valence-corrected chi connectivity index (χ0v) is 15.9. The molecule has 0 aliphatic rings. The lowest BCUT2D eigenvalue weighted by molar-refractivity contribution is 0.102. The number of carbonyl (C=O) groups is 1. The van der Waals surface area contributed by atoms with E-state index in [1.54, 1.807) is 6.20 Å². The first-order chi connectivity index (χ1) is 11.5. The Balaban J connectivity index is 2.08. The molecular formula is C18H23BrN4O. The first-order valence-electron chi connectivity index (χ1n) is 8.19. The number of amides is 1. The summed E-state index contributed by atoms with van der Waals surface area (Å²) in [4.78, 5) is 23.2. The molecule has 0 bridgehead atoms. The second-order valence-electron chi connectivity index (χ2n) is 5.66. The third-order valence-electron chi connectivity index (χ3n) is 3.61. The second-order valence-corrected chi connectivity index (χ2v) is 6.52. The Morgan fingerprint density at radius 1 is 1.17 bits per heavy atom. The summed E-state index contributed by atoms with van der Waals surface area (Å²) in [6.45, 7) is 8.14. The maximum absolute atomic E-state index is 12.3. The van der Waals surface area contributed by atoms with Crippen LogP contribution in [-0.2, 0) is 0 Å². The van der Waals surface area contributed by atoms with E-state index in [-0.39, 0.29) is 5.91 Å². The Kier molecular flexibility index (Phi) is 6.73. The monoisotopic (exact) mass is 390 g/mol. The third kappa shape index (κ3) is 4.77. The molecular weight excluding hydrogens is 368 g/mol. The van der Waals surface area contributed by atoms with Crippen molar-refractivity contribution in [3.8, 4) is 0 Å². The van der Waals surface area contributed by atoms with Crippen LogP contribution in [0.2, 0.25) is 0 Å². The number of aryl methyl sites for hydroxylation is 1. The summed E-state index contributed by atoms with van der Waals surface area (Å²) < 4.78 is 0.955. The number of rotatable bonds is 7. The van der Waals surface area contributed by atoms with Crippen LogP contribution in [0.3, 0.4) is 0 Å². The lowest BCUT2D eigenvalue weighted by Crippen LogP contribution is -2.26. The molecule has 1 N–H and O–H groups in total. The van der Waals surface area contributed by atoms with Gasteiger partial charge in [-0.3, -0.25) is 4.79 Å². The van der Waals surface area contributed by atoms with E-state index < -0.39 is 0 Å². The summed E-state index contributed by atoms with van der Waals surface area (Å²) in [5, 5.41) is 2.84. The van der Waals surface area contributed by atoms with Crippen molar-refractivity contribution in [2.24, 2.45) is 0 Å². The number of carbonyl (C=O) groups excluding carboxylic acids is 1. The first kappa shape index (κ1) is 18.4. The molecule has 1 heterocycles. The van der Waals surface area contributed by atoms with Crippen molar-refractivity contribution in [2.45, 2.75) is 33.6 Å². The lowest BCUT2D eigenvalue weighted by atomic mass is 10.2. The Morgan fingerprint density at radius 3 is 2.42 bits per heavy atom. The minimum atomic E-state index is -0.262. The molecule has 24 heavy (non-hydrogen) atoms. The van der Waals surface area contributed by atoms with Crippen LogP contribution in [0.4, 0.5) is 11.5 Å². The fraction of sp³-hybridized carbons (Fsp3) is 0.389. The molecule has 1 amide bonds. The molecule has 1 aromatic heterocycles. The number of aromatic nitrogens is 2. The zero-order valence-electron chi connectivity index (χ0n) is 14.3. The van der Waals surface area contributed by atoms with Gasteiger partial charge in [0.1, 0.15) is 11.5 Å². The van der Waals surface area contributed by atoms with Crippen LogP contribution >= 0.6 is 15.9 Å². The van der Waals surface area contributed by atoms with Crippen LogP contribution < -0.4 is 10.2 Å². The Bertz CT molecular complexity index is 682. The lowest BCUT2D eigenvalue weighted by Gasteiger charge is -2.22. The molecule has 0 unspecified atom stereocenters. The van der Waals surface area contributed by atoms with E-state index in [0.29, 0.717) is 5.69 Å². The van der Waals surface area contributed by atoms with Crippen LogP contribution in [0.5, 0.6) is 0 Å². The normalized spacial score (nSPS) is 10.5. The van der Waals surface area contributed by atoms with Gasteiger partial charge in [-0.1, -0.05) is 35.8 Å². The number of nitrogens with one attached hydrogen (secondary N) is 1. The van der Waals surface area contributed by atoms with Gasteiger partial charge in [0, 0.05) is 23.2 Å². The molecule has 128 valence electrons. The smallest absolute Gasteiger partial charge is 0.275 e. The van der Waals surface area contributed by atoms with Crippen molar-refractivity contribution in [1.82, 2.24) is 9.97 Å². The second kappa shape index (κ2) is 8.78. The van der Waals surface area contributed by atoms with Crippen molar-refractivity contribution >= 4 is 33.3 Å². The highest BCUT2D eigenvalue weighted by Crippen LogP contribution is 2.21. The highest BCUT2D eigenvalue weighted by Gasteiger charge is 2.11. The van der Waals surface area contributed by atoms with Gasteiger partial charge >= 0.3 is 0 Å². The average molecular weight is 391 g/mol. The first-order valence-corrected chi connectivity index (χ1v) is 8.99. The van der Waals surface area contributed by atoms with Gasteiger partial charge in [-0.25, -0.2) is 9.97 Å². The standard InChI is InChI=1S/C18H23BrN4O/c1-4-8-23(9-5-2)17-12-20-16(11-21-17)18(24)22-14-7-6-13(3)15(19)10-14/h6-7,10-12H,4-5,8-9H2,1-3H3,(H,22,24). The third-order valence-corrected chi connectivity index (χ3v) is 4.47. The van der Waals surface area contributed by atoms with E-state index in [1.807, 2.05) is 25.1 Å². The number of halogens is 1. The molecule has 2 rings (SSSR count). The van der Waals surface area contributed by atoms with Gasteiger partial charge in [0.15, 0.2) is 0 Å². The van der Waals surface area contributed by atoms with E-state index in [9.17, 15) is 4.79 Å². The van der Waals surface area contributed by atoms with Crippen LogP contribution in [0.25, 0.3) is 0 Å². The Labute approximate surface area is 151 Å². The van der Waals surface area contributed by atoms with Crippen molar-refractivity contribution in [3.05, 3.63) is 46.3 Å². The Hall–Kier alpha value is -1.95. The fourth-order valence-electron chi connectivity index (χ4n) is 2.35. The number of nitrogens with zero attached hydrogens (tertiary/aromatic N) is 3. The molecule has 0 radical (unpaired) electrons. The molecule has 0 fully saturated rings. The summed E-state index contributed by atoms with van der Waals surface area (Å²) in [5.74, 6) is 0.552. The summed E-state index contributed by atoms with van der Waals surface area (Å²) >= 11 is 3.46. The van der Waals surface area contributed by atoms with E-state index in [2.05, 4.69) is 50.0 Å². The van der Waals surface area contributed by atoms with Gasteiger partial charge in [-0.2, -0.15) is 0 Å². The molecule has 0 saturated heterocycles. The molecule has 0 aliphatic heterocycles. The minimum Gasteiger partial charge on any atom is -0.355 e. The van der Waals surface area contributed by atoms with E-state index in [0.717, 1.165) is 47.5 Å². The maximum Gasteiger partial charge on any atom is 0.275 e. The predicted molar refractivity (Wildman–Crippen MR) is 102 cm³/mol. The zero-order chi connectivity index (χ0) is 17.5. The van der Waals surface area contributed by atoms with Crippen molar-refractivity contribution < 1.29 is 4.79 Å². The maximum atomic E-state index is 12.3. The van der Waals surface area contributed by atoms with Gasteiger partial charge in [-0.15, -0.1) is 0 Å². The van der Waals surface area contributed by atoms with E-state index in [1.165, 1.54) is 6.20 Å². The number of anilines is 2. The van der Waals surface area contributed by atoms with E-state index >= 15 is 0 Å². The van der Waals surface area contributed by atoms with Crippen molar-refractivity contribution in [2.75, 3.05) is 23.3 Å². The SMILES string of the molecule is CCCN(CCC)c1cnc(C(=O)Nc2ccc(C)c(Br)c2)cn1. The number of hydrogen-bond donors (Lipinski definition) is 1. The van der Waals surface area contributed by atoms with Gasteiger partial charge in [0.05, 0.1) is 12.4 Å². The minimum absolute atomic E-state index is 0.262. The van der Waals surface area contributed by atoms with Crippen LogP contribution in [0, 0.1) is 6.92 Å². The topological polar surface area (TPSA) is 58.1 Å². The molecule has 0 saturated carbocycles. The van der Waals surface area contributed by atoms with Crippen LogP contribution in [0.1, 0.15) is 42.7 Å². The molecule has 1 aromatic carbocycles. The molecule has 6 heteroatoms. The summed E-state index contributed by atoms with van der Waals surface area (Å²) in [5.41, 5.74) is 2.15. The number of benzene rings is 1. The van der Waals surface area contributed by atoms with Crippen LogP contribution in [-0.4, -0.2) is 29.0 Å². The highest BCUT2D eigenvalue weighted by molar-refractivity contribution is 9.10. The number of hydrogen-bond acceptors (Lipinski definition) is 4. The molecule has 5 nitrogen and oxygen atoms in total. The van der Waals surface area contributed by atoms with Gasteiger partial charge in [-0.05, 0) is 37.5 Å². The van der Waals surface area contributed by atoms with Gasteiger partial charge in [0.2, 0.25) is 0 Å². The largest absolute Gasteiger partial charge is 0.355 e. The molecule has 2 aromatic rings. The highest BCUT2D eigenvalue weighted by atomic mass is 79.9. The van der Waals surface area contributed by atoms with Crippen molar-refractivity contribution in [3.63, 3.8) is 0 Å². The van der Waals surface area contributed by atoms with Crippen LogP contribution in [0.15, 0.2) is 35.1 Å². The Morgan fingerprint density at radius 2 is 1.88 bits per heavy atom. The van der Waals surface area contributed by atoms with Gasteiger partial charge in [0.25, 0.3) is 5.91 Å². The van der Waals surface area contributed by atoms with E-state index in [4.69, 9.17) is 0 Å². The average Bonchev–Trinajstić information content (AvgIpc) is 2.58. The quantitative estimate of drug-likeness (QED) is 0.759. The predicted octanol–water partition coefficient (Wildman–Crippen LogP) is 4.43. The van der Waals surface area contributed by atoms with Gasteiger partial charge < -0.3 is 10.2 Å². The summed E-state index contributed by atoms with van der Waals surface area (Å²) in [6.07, 6.45) is 5.30. The molecule has 0 spiro atoms. The summed E-state index contributed by atoms with van der Waals surface area (Å²) in [6, 6.07) is 5.69. The molecule has 0 aliphatic carbocycles. The fourth-order valence-corrected chi connectivity index (χ4v) is 2.73. The van der Waals surface area contributed by atoms with Crippen molar-refractivity contribution in [1.29, 1.82) is 0 Å². The molecule has 0 atom stereocenters. The summed E-state index contributed by atoms with van der Waals surface area (Å²) in [7, 11) is 0.